The van der Waals surface area contributed by atoms with Crippen molar-refractivity contribution in [1.82, 2.24) is 20.0 Å². The first-order valence-electron chi connectivity index (χ1n) is 7.01. The molecule has 0 fully saturated rings. The molecule has 0 aliphatic heterocycles. The summed E-state index contributed by atoms with van der Waals surface area (Å²) in [5.41, 5.74) is 3.40. The summed E-state index contributed by atoms with van der Waals surface area (Å²) in [6, 6.07) is 8.77. The average molecular weight is 286 g/mol. The molecule has 1 heterocycles. The molecule has 1 aromatic heterocycles. The van der Waals surface area contributed by atoms with E-state index in [9.17, 15) is 4.79 Å². The summed E-state index contributed by atoms with van der Waals surface area (Å²) in [7, 11) is 5.76. The van der Waals surface area contributed by atoms with E-state index >= 15 is 0 Å². The van der Waals surface area contributed by atoms with Gasteiger partial charge in [0.1, 0.15) is 6.54 Å². The molecule has 5 heteroatoms. The van der Waals surface area contributed by atoms with Crippen molar-refractivity contribution < 1.29 is 4.79 Å². The van der Waals surface area contributed by atoms with Crippen molar-refractivity contribution in [3.05, 3.63) is 42.2 Å². The molecule has 1 unspecified atom stereocenters. The molecule has 0 spiro atoms. The Hall–Kier alpha value is -2.14. The van der Waals surface area contributed by atoms with Crippen molar-refractivity contribution in [3.63, 3.8) is 0 Å². The molecule has 2 rings (SSSR count). The first-order valence-corrected chi connectivity index (χ1v) is 7.01. The van der Waals surface area contributed by atoms with Crippen LogP contribution in [0.1, 0.15) is 18.5 Å². The van der Waals surface area contributed by atoms with Gasteiger partial charge >= 0.3 is 0 Å². The average Bonchev–Trinajstić information content (AvgIpc) is 2.94. The molecular weight excluding hydrogens is 264 g/mol. The van der Waals surface area contributed by atoms with E-state index in [2.05, 4.69) is 60.6 Å². The molecule has 1 N–H and O–H groups in total. The number of nitrogens with one attached hydrogen (secondary N) is 1. The van der Waals surface area contributed by atoms with Gasteiger partial charge in [0.2, 0.25) is 5.91 Å². The van der Waals surface area contributed by atoms with E-state index in [4.69, 9.17) is 0 Å². The summed E-state index contributed by atoms with van der Waals surface area (Å²) in [5, 5.41) is 6.83. The second-order valence-corrected chi connectivity index (χ2v) is 5.36. The van der Waals surface area contributed by atoms with Crippen LogP contribution in [0.5, 0.6) is 0 Å². The summed E-state index contributed by atoms with van der Waals surface area (Å²) in [4.78, 5) is 13.5. The molecule has 2 aromatic rings. The van der Waals surface area contributed by atoms with Gasteiger partial charge in [-0.1, -0.05) is 18.2 Å². The smallest absolute Gasteiger partial charge is 0.241 e. The van der Waals surface area contributed by atoms with E-state index in [1.165, 1.54) is 5.56 Å². The third-order valence-corrected chi connectivity index (χ3v) is 3.69. The van der Waals surface area contributed by atoms with Crippen molar-refractivity contribution in [2.24, 2.45) is 0 Å². The molecule has 5 nitrogen and oxygen atoms in total. The van der Waals surface area contributed by atoms with Crippen LogP contribution in [-0.4, -0.2) is 41.7 Å². The number of hydrogen-bond donors (Lipinski definition) is 1. The highest BCUT2D eigenvalue weighted by molar-refractivity contribution is 5.75. The van der Waals surface area contributed by atoms with Crippen molar-refractivity contribution in [1.29, 1.82) is 0 Å². The fraction of sp³-hybridized carbons (Fsp3) is 0.375. The Balaban J connectivity index is 2.22. The summed E-state index contributed by atoms with van der Waals surface area (Å²) in [6.07, 6.45) is 3.69. The van der Waals surface area contributed by atoms with Crippen LogP contribution in [0.15, 0.2) is 36.7 Å². The highest BCUT2D eigenvalue weighted by Crippen LogP contribution is 2.24. The summed E-state index contributed by atoms with van der Waals surface area (Å²) < 4.78 is 1.65. The third-order valence-electron chi connectivity index (χ3n) is 3.69. The lowest BCUT2D eigenvalue weighted by molar-refractivity contribution is -0.121. The fourth-order valence-electron chi connectivity index (χ4n) is 2.10. The lowest BCUT2D eigenvalue weighted by Crippen LogP contribution is -2.23. The van der Waals surface area contributed by atoms with Gasteiger partial charge in [-0.3, -0.25) is 9.48 Å². The summed E-state index contributed by atoms with van der Waals surface area (Å²) in [6.45, 7) is 2.42. The number of benzene rings is 1. The van der Waals surface area contributed by atoms with Crippen LogP contribution in [0, 0.1) is 0 Å². The Morgan fingerprint density at radius 1 is 1.38 bits per heavy atom. The third kappa shape index (κ3) is 3.70. The molecule has 112 valence electrons. The molecular formula is C16H22N4O. The van der Waals surface area contributed by atoms with E-state index in [0.717, 1.165) is 11.1 Å². The molecule has 1 amide bonds. The number of hydrogen-bond acceptors (Lipinski definition) is 3. The fourth-order valence-corrected chi connectivity index (χ4v) is 2.10. The van der Waals surface area contributed by atoms with E-state index in [1.807, 2.05) is 6.20 Å². The second kappa shape index (κ2) is 6.54. The number of nitrogens with zero attached hydrogens (tertiary/aromatic N) is 3. The maximum Gasteiger partial charge on any atom is 0.241 e. The number of amides is 1. The van der Waals surface area contributed by atoms with Gasteiger partial charge in [-0.15, -0.1) is 0 Å². The lowest BCUT2D eigenvalue weighted by Gasteiger charge is -2.20. The molecule has 0 bridgehead atoms. The van der Waals surface area contributed by atoms with Gasteiger partial charge in [0, 0.05) is 24.8 Å². The number of aromatic nitrogens is 2. The Bertz CT molecular complexity index is 618. The van der Waals surface area contributed by atoms with E-state index in [0.29, 0.717) is 6.04 Å². The second-order valence-electron chi connectivity index (χ2n) is 5.36. The normalized spacial score (nSPS) is 12.4. The molecule has 0 aliphatic carbocycles. The minimum absolute atomic E-state index is 0.0559. The highest BCUT2D eigenvalue weighted by atomic mass is 16.1. The van der Waals surface area contributed by atoms with E-state index < -0.39 is 0 Å². The number of rotatable bonds is 5. The molecule has 0 saturated carbocycles. The number of likely N-dealkylation sites (N-methyl/N-ethyl adjacent to an activating group) is 1. The Morgan fingerprint density at radius 3 is 2.81 bits per heavy atom. The van der Waals surface area contributed by atoms with Crippen molar-refractivity contribution in [2.45, 2.75) is 19.5 Å². The van der Waals surface area contributed by atoms with Crippen LogP contribution in [0.3, 0.4) is 0 Å². The van der Waals surface area contributed by atoms with Crippen LogP contribution in [0.4, 0.5) is 0 Å². The van der Waals surface area contributed by atoms with Crippen LogP contribution in [-0.2, 0) is 11.3 Å². The zero-order valence-electron chi connectivity index (χ0n) is 13.0. The quantitative estimate of drug-likeness (QED) is 0.913. The Morgan fingerprint density at radius 2 is 2.14 bits per heavy atom. The van der Waals surface area contributed by atoms with Gasteiger partial charge in [0.15, 0.2) is 0 Å². The van der Waals surface area contributed by atoms with Crippen molar-refractivity contribution in [2.75, 3.05) is 21.1 Å². The van der Waals surface area contributed by atoms with Crippen LogP contribution >= 0.6 is 0 Å². The first kappa shape index (κ1) is 15.3. The minimum atomic E-state index is -0.0559. The largest absolute Gasteiger partial charge is 0.358 e. The summed E-state index contributed by atoms with van der Waals surface area (Å²) >= 11 is 0. The van der Waals surface area contributed by atoms with Crippen molar-refractivity contribution in [3.8, 4) is 11.1 Å². The first-order chi connectivity index (χ1) is 10.0. The van der Waals surface area contributed by atoms with Gasteiger partial charge in [0.05, 0.1) is 6.20 Å². The maximum atomic E-state index is 11.4. The SMILES string of the molecule is CNC(=O)Cn1cc(-c2cccc(C(C)N(C)C)c2)cn1. The molecule has 1 aromatic carbocycles. The Labute approximate surface area is 125 Å². The molecule has 0 radical (unpaired) electrons. The zero-order chi connectivity index (χ0) is 15.4. The Kier molecular flexibility index (Phi) is 4.75. The molecule has 1 atom stereocenters. The lowest BCUT2D eigenvalue weighted by atomic mass is 10.0. The van der Waals surface area contributed by atoms with Gasteiger partial charge in [-0.2, -0.15) is 5.10 Å². The van der Waals surface area contributed by atoms with E-state index in [1.54, 1.807) is 17.9 Å². The van der Waals surface area contributed by atoms with Gasteiger partial charge in [0.25, 0.3) is 0 Å². The standard InChI is InChI=1S/C16H22N4O/c1-12(19(3)4)13-6-5-7-14(8-13)15-9-18-20(10-15)11-16(21)17-2/h5-10,12H,11H2,1-4H3,(H,17,21). The summed E-state index contributed by atoms with van der Waals surface area (Å²) in [5.74, 6) is -0.0559. The van der Waals surface area contributed by atoms with Crippen molar-refractivity contribution >= 4 is 5.91 Å². The van der Waals surface area contributed by atoms with Gasteiger partial charge < -0.3 is 10.2 Å². The predicted molar refractivity (Wildman–Crippen MR) is 83.8 cm³/mol. The molecule has 21 heavy (non-hydrogen) atoms. The monoisotopic (exact) mass is 286 g/mol. The molecule has 0 saturated heterocycles. The topological polar surface area (TPSA) is 50.2 Å². The zero-order valence-corrected chi connectivity index (χ0v) is 13.0. The van der Waals surface area contributed by atoms with Crippen LogP contribution in [0.25, 0.3) is 11.1 Å². The number of carbonyl (C=O) groups is 1. The van der Waals surface area contributed by atoms with Crippen LogP contribution in [0.2, 0.25) is 0 Å². The maximum absolute atomic E-state index is 11.4. The number of carbonyl (C=O) groups excluding carboxylic acids is 1. The highest BCUT2D eigenvalue weighted by Gasteiger charge is 2.10. The molecule has 0 aliphatic rings. The van der Waals surface area contributed by atoms with Gasteiger partial charge in [-0.25, -0.2) is 0 Å². The predicted octanol–water partition coefficient (Wildman–Crippen LogP) is 1.92. The van der Waals surface area contributed by atoms with E-state index in [-0.39, 0.29) is 12.5 Å². The van der Waals surface area contributed by atoms with Gasteiger partial charge in [-0.05, 0) is 38.2 Å². The minimum Gasteiger partial charge on any atom is -0.358 e. The van der Waals surface area contributed by atoms with Crippen LogP contribution < -0.4 is 5.32 Å².